The monoisotopic (exact) mass is 284 g/mol. The number of ether oxygens (including phenoxy) is 1. The molecule has 0 saturated carbocycles. The van der Waals surface area contributed by atoms with Gasteiger partial charge in [-0.3, -0.25) is 9.78 Å². The van der Waals surface area contributed by atoms with Gasteiger partial charge in [0.2, 0.25) is 5.91 Å². The first-order valence-corrected chi connectivity index (χ1v) is 7.01. The van der Waals surface area contributed by atoms with Crippen LogP contribution < -0.4 is 10.1 Å². The van der Waals surface area contributed by atoms with Crippen LogP contribution in [0.2, 0.25) is 0 Å². The summed E-state index contributed by atoms with van der Waals surface area (Å²) in [4.78, 5) is 15.7. The maximum atomic E-state index is 11.7. The van der Waals surface area contributed by atoms with Gasteiger partial charge >= 0.3 is 0 Å². The van der Waals surface area contributed by atoms with E-state index in [0.29, 0.717) is 19.6 Å². The highest BCUT2D eigenvalue weighted by Crippen LogP contribution is 2.16. The van der Waals surface area contributed by atoms with Crippen LogP contribution in [-0.2, 0) is 11.3 Å². The maximum absolute atomic E-state index is 11.7. The number of pyridine rings is 1. The molecule has 1 heterocycles. The Morgan fingerprint density at radius 3 is 2.81 bits per heavy atom. The molecule has 1 N–H and O–H groups in total. The van der Waals surface area contributed by atoms with Crippen molar-refractivity contribution in [3.8, 4) is 5.75 Å². The van der Waals surface area contributed by atoms with Gasteiger partial charge in [0.1, 0.15) is 5.75 Å². The molecule has 4 nitrogen and oxygen atoms in total. The van der Waals surface area contributed by atoms with Crippen molar-refractivity contribution in [3.05, 3.63) is 59.4 Å². The Balaban J connectivity index is 1.70. The number of nitrogens with zero attached hydrogens (tertiary/aromatic N) is 1. The third-order valence-corrected chi connectivity index (χ3v) is 3.29. The molecular formula is C17H20N2O2. The maximum Gasteiger partial charge on any atom is 0.223 e. The van der Waals surface area contributed by atoms with Crippen molar-refractivity contribution < 1.29 is 9.53 Å². The Morgan fingerprint density at radius 1 is 1.24 bits per heavy atom. The Morgan fingerprint density at radius 2 is 2.10 bits per heavy atom. The molecule has 0 spiro atoms. The fraction of sp³-hybridized carbons (Fsp3) is 0.294. The smallest absolute Gasteiger partial charge is 0.223 e. The molecule has 0 unspecified atom stereocenters. The minimum atomic E-state index is -0.0253. The lowest BCUT2D eigenvalue weighted by atomic mass is 10.1. The normalized spacial score (nSPS) is 10.2. The van der Waals surface area contributed by atoms with E-state index in [4.69, 9.17) is 4.74 Å². The van der Waals surface area contributed by atoms with Crippen LogP contribution in [0.5, 0.6) is 5.75 Å². The average Bonchev–Trinajstić information content (AvgIpc) is 2.50. The van der Waals surface area contributed by atoms with Crippen molar-refractivity contribution >= 4 is 5.91 Å². The van der Waals surface area contributed by atoms with Gasteiger partial charge in [0.25, 0.3) is 0 Å². The molecule has 1 aromatic carbocycles. The number of aryl methyl sites for hydroxylation is 2. The summed E-state index contributed by atoms with van der Waals surface area (Å²) < 4.78 is 5.59. The molecule has 0 aliphatic heterocycles. The van der Waals surface area contributed by atoms with Gasteiger partial charge in [-0.1, -0.05) is 12.1 Å². The van der Waals surface area contributed by atoms with E-state index in [0.717, 1.165) is 11.3 Å². The van der Waals surface area contributed by atoms with Crippen LogP contribution in [0.1, 0.15) is 23.1 Å². The summed E-state index contributed by atoms with van der Waals surface area (Å²) in [6.07, 6.45) is 3.79. The number of amides is 1. The number of hydrogen-bond acceptors (Lipinski definition) is 3. The number of hydrogen-bond donors (Lipinski definition) is 1. The van der Waals surface area contributed by atoms with Crippen molar-refractivity contribution in [2.24, 2.45) is 0 Å². The van der Waals surface area contributed by atoms with Gasteiger partial charge in [0, 0.05) is 18.9 Å². The van der Waals surface area contributed by atoms with Gasteiger partial charge in [-0.2, -0.15) is 0 Å². The quantitative estimate of drug-likeness (QED) is 0.887. The van der Waals surface area contributed by atoms with Crippen molar-refractivity contribution in [3.63, 3.8) is 0 Å². The van der Waals surface area contributed by atoms with E-state index in [1.165, 1.54) is 11.1 Å². The first-order chi connectivity index (χ1) is 10.1. The van der Waals surface area contributed by atoms with E-state index >= 15 is 0 Å². The average molecular weight is 284 g/mol. The van der Waals surface area contributed by atoms with Crippen molar-refractivity contribution in [2.75, 3.05) is 6.61 Å². The van der Waals surface area contributed by atoms with Crippen molar-refractivity contribution in [2.45, 2.75) is 26.8 Å². The van der Waals surface area contributed by atoms with E-state index in [2.05, 4.69) is 17.2 Å². The van der Waals surface area contributed by atoms with E-state index in [-0.39, 0.29) is 5.91 Å². The number of rotatable bonds is 6. The zero-order valence-corrected chi connectivity index (χ0v) is 12.4. The van der Waals surface area contributed by atoms with Gasteiger partial charge in [-0.15, -0.1) is 0 Å². The molecule has 2 aromatic rings. The van der Waals surface area contributed by atoms with Gasteiger partial charge in [-0.05, 0) is 48.7 Å². The van der Waals surface area contributed by atoms with Crippen LogP contribution in [0.4, 0.5) is 0 Å². The number of carbonyl (C=O) groups is 1. The lowest BCUT2D eigenvalue weighted by Gasteiger charge is -2.09. The summed E-state index contributed by atoms with van der Waals surface area (Å²) in [6.45, 7) is 4.98. The summed E-state index contributed by atoms with van der Waals surface area (Å²) in [7, 11) is 0. The Bertz CT molecular complexity index is 597. The predicted molar refractivity (Wildman–Crippen MR) is 82.1 cm³/mol. The topological polar surface area (TPSA) is 51.2 Å². The SMILES string of the molecule is Cc1ccc(OCCC(=O)NCc2cccnc2)cc1C. The fourth-order valence-electron chi connectivity index (χ4n) is 1.86. The van der Waals surface area contributed by atoms with Gasteiger partial charge in [-0.25, -0.2) is 0 Å². The molecule has 0 aliphatic carbocycles. The van der Waals surface area contributed by atoms with Crippen molar-refractivity contribution in [1.29, 1.82) is 0 Å². The standard InChI is InChI=1S/C17H20N2O2/c1-13-5-6-16(10-14(13)2)21-9-7-17(20)19-12-15-4-3-8-18-11-15/h3-6,8,10-11H,7,9,12H2,1-2H3,(H,19,20). The minimum absolute atomic E-state index is 0.0253. The highest BCUT2D eigenvalue weighted by Gasteiger charge is 2.03. The highest BCUT2D eigenvalue weighted by molar-refractivity contribution is 5.75. The zero-order chi connectivity index (χ0) is 15.1. The van der Waals surface area contributed by atoms with E-state index < -0.39 is 0 Å². The molecule has 1 aromatic heterocycles. The molecule has 0 atom stereocenters. The van der Waals surface area contributed by atoms with E-state index in [9.17, 15) is 4.79 Å². The fourth-order valence-corrected chi connectivity index (χ4v) is 1.86. The second kappa shape index (κ2) is 7.43. The Kier molecular flexibility index (Phi) is 5.32. The summed E-state index contributed by atoms with van der Waals surface area (Å²) in [5.41, 5.74) is 3.41. The second-order valence-electron chi connectivity index (χ2n) is 4.98. The number of nitrogens with one attached hydrogen (secondary N) is 1. The molecule has 2 rings (SSSR count). The Hall–Kier alpha value is -2.36. The van der Waals surface area contributed by atoms with E-state index in [1.54, 1.807) is 12.4 Å². The van der Waals surface area contributed by atoms with E-state index in [1.807, 2.05) is 37.3 Å². The van der Waals surface area contributed by atoms with Gasteiger partial charge in [0.05, 0.1) is 13.0 Å². The number of aromatic nitrogens is 1. The highest BCUT2D eigenvalue weighted by atomic mass is 16.5. The summed E-state index contributed by atoms with van der Waals surface area (Å²) in [5, 5.41) is 2.85. The zero-order valence-electron chi connectivity index (χ0n) is 12.4. The second-order valence-corrected chi connectivity index (χ2v) is 4.98. The first-order valence-electron chi connectivity index (χ1n) is 7.01. The minimum Gasteiger partial charge on any atom is -0.493 e. The molecule has 0 radical (unpaired) electrons. The molecule has 21 heavy (non-hydrogen) atoms. The number of carbonyl (C=O) groups excluding carboxylic acids is 1. The summed E-state index contributed by atoms with van der Waals surface area (Å²) >= 11 is 0. The molecule has 0 saturated heterocycles. The van der Waals surface area contributed by atoms with Gasteiger partial charge < -0.3 is 10.1 Å². The summed E-state index contributed by atoms with van der Waals surface area (Å²) in [5.74, 6) is 0.779. The molecule has 0 bridgehead atoms. The lowest BCUT2D eigenvalue weighted by molar-refractivity contribution is -0.121. The van der Waals surface area contributed by atoms with Gasteiger partial charge in [0.15, 0.2) is 0 Å². The molecule has 1 amide bonds. The summed E-state index contributed by atoms with van der Waals surface area (Å²) in [6, 6.07) is 9.72. The number of benzene rings is 1. The Labute approximate surface area is 125 Å². The molecule has 110 valence electrons. The molecule has 0 fully saturated rings. The van der Waals surface area contributed by atoms with Crippen LogP contribution in [-0.4, -0.2) is 17.5 Å². The third kappa shape index (κ3) is 4.91. The molecular weight excluding hydrogens is 264 g/mol. The van der Waals surface area contributed by atoms with Crippen LogP contribution in [0.3, 0.4) is 0 Å². The van der Waals surface area contributed by atoms with Crippen LogP contribution in [0.15, 0.2) is 42.7 Å². The van der Waals surface area contributed by atoms with Crippen LogP contribution in [0.25, 0.3) is 0 Å². The predicted octanol–water partition coefficient (Wildman–Crippen LogP) is 2.78. The largest absolute Gasteiger partial charge is 0.493 e. The van der Waals surface area contributed by atoms with Crippen LogP contribution >= 0.6 is 0 Å². The van der Waals surface area contributed by atoms with Crippen molar-refractivity contribution in [1.82, 2.24) is 10.3 Å². The third-order valence-electron chi connectivity index (χ3n) is 3.29. The molecule has 4 heteroatoms. The first kappa shape index (κ1) is 15.0. The molecule has 0 aliphatic rings. The lowest BCUT2D eigenvalue weighted by Crippen LogP contribution is -2.24. The van der Waals surface area contributed by atoms with Crippen LogP contribution in [0, 0.1) is 13.8 Å².